The van der Waals surface area contributed by atoms with Gasteiger partial charge < -0.3 is 19.7 Å². The van der Waals surface area contributed by atoms with Gasteiger partial charge in [0.25, 0.3) is 5.91 Å². The molecule has 1 aliphatic rings. The van der Waals surface area contributed by atoms with E-state index in [9.17, 15) is 22.8 Å². The number of likely N-dealkylation sites (N-methyl/N-ethyl adjacent to an activating group) is 1. The van der Waals surface area contributed by atoms with Gasteiger partial charge in [-0.1, -0.05) is 12.1 Å². The number of hydrogen-bond donors (Lipinski definition) is 1. The molecule has 6 nitrogen and oxygen atoms in total. The molecular formula is C17H21F3N2O4. The molecule has 1 heterocycles. The second kappa shape index (κ2) is 8.50. The molecule has 1 fully saturated rings. The fourth-order valence-electron chi connectivity index (χ4n) is 2.52. The molecule has 1 aliphatic heterocycles. The van der Waals surface area contributed by atoms with Gasteiger partial charge in [-0.2, -0.15) is 13.2 Å². The minimum Gasteiger partial charge on any atom is -0.379 e. The molecule has 1 aromatic rings. The molecule has 0 saturated carbocycles. The number of carbonyl (C=O) groups excluding carboxylic acids is 2. The Balaban J connectivity index is 2.08. The number of alkyl halides is 3. The Hall–Kier alpha value is -2.13. The Morgan fingerprint density at radius 2 is 2.00 bits per heavy atom. The van der Waals surface area contributed by atoms with Gasteiger partial charge in [-0.15, -0.1) is 0 Å². The standard InChI is InChI=1S/C17H21F3N2O4/c1-22(2)15(23)10-26-14-9-25-8-7-13(14)21-16(24)11-5-3-4-6-12(11)17(18,19)20/h3-6,13-14H,7-10H2,1-2H3,(H,21,24)/t13-,14-/m1/s1. The average molecular weight is 374 g/mol. The van der Waals surface area contributed by atoms with Crippen LogP contribution >= 0.6 is 0 Å². The Morgan fingerprint density at radius 3 is 2.65 bits per heavy atom. The van der Waals surface area contributed by atoms with E-state index in [2.05, 4.69) is 5.32 Å². The molecule has 2 atom stereocenters. The Kier molecular flexibility index (Phi) is 6.60. The lowest BCUT2D eigenvalue weighted by Crippen LogP contribution is -2.51. The van der Waals surface area contributed by atoms with E-state index in [-0.39, 0.29) is 19.1 Å². The van der Waals surface area contributed by atoms with Gasteiger partial charge in [0.05, 0.1) is 23.8 Å². The highest BCUT2D eigenvalue weighted by Gasteiger charge is 2.36. The first kappa shape index (κ1) is 20.2. The van der Waals surface area contributed by atoms with Gasteiger partial charge in [0.1, 0.15) is 12.7 Å². The summed E-state index contributed by atoms with van der Waals surface area (Å²) in [5, 5.41) is 2.58. The van der Waals surface area contributed by atoms with Crippen molar-refractivity contribution >= 4 is 11.8 Å². The Morgan fingerprint density at radius 1 is 1.31 bits per heavy atom. The number of nitrogens with zero attached hydrogens (tertiary/aromatic N) is 1. The van der Waals surface area contributed by atoms with Gasteiger partial charge in [-0.25, -0.2) is 0 Å². The molecule has 9 heteroatoms. The molecule has 0 aromatic heterocycles. The summed E-state index contributed by atoms with van der Waals surface area (Å²) in [4.78, 5) is 25.4. The number of hydrogen-bond acceptors (Lipinski definition) is 4. The predicted molar refractivity (Wildman–Crippen MR) is 86.6 cm³/mol. The van der Waals surface area contributed by atoms with Crippen LogP contribution in [0.5, 0.6) is 0 Å². The fraction of sp³-hybridized carbons (Fsp3) is 0.529. The summed E-state index contributed by atoms with van der Waals surface area (Å²) in [5.41, 5.74) is -1.44. The maximum Gasteiger partial charge on any atom is 0.417 e. The van der Waals surface area contributed by atoms with Crippen LogP contribution in [0.1, 0.15) is 22.3 Å². The quantitative estimate of drug-likeness (QED) is 0.852. The molecular weight excluding hydrogens is 353 g/mol. The van der Waals surface area contributed by atoms with E-state index in [1.807, 2.05) is 0 Å². The van der Waals surface area contributed by atoms with E-state index in [0.717, 1.165) is 12.1 Å². The minimum absolute atomic E-state index is 0.145. The second-order valence-corrected chi connectivity index (χ2v) is 6.12. The number of halogens is 3. The van der Waals surface area contributed by atoms with Crippen LogP contribution in [0.25, 0.3) is 0 Å². The maximum absolute atomic E-state index is 13.1. The lowest BCUT2D eigenvalue weighted by molar-refractivity contribution is -0.140. The number of ether oxygens (including phenoxy) is 2. The van der Waals surface area contributed by atoms with E-state index in [1.54, 1.807) is 14.1 Å². The molecule has 0 bridgehead atoms. The van der Waals surface area contributed by atoms with Crippen LogP contribution < -0.4 is 5.32 Å². The molecule has 2 rings (SSSR count). The van der Waals surface area contributed by atoms with Crippen molar-refractivity contribution in [2.45, 2.75) is 24.7 Å². The summed E-state index contributed by atoms with van der Waals surface area (Å²) in [5.74, 6) is -1.10. The molecule has 0 radical (unpaired) electrons. The smallest absolute Gasteiger partial charge is 0.379 e. The largest absolute Gasteiger partial charge is 0.417 e. The van der Waals surface area contributed by atoms with Gasteiger partial charge in [-0.05, 0) is 18.6 Å². The minimum atomic E-state index is -4.63. The van der Waals surface area contributed by atoms with Crippen molar-refractivity contribution in [1.29, 1.82) is 0 Å². The summed E-state index contributed by atoms with van der Waals surface area (Å²) >= 11 is 0. The highest BCUT2D eigenvalue weighted by molar-refractivity contribution is 5.96. The van der Waals surface area contributed by atoms with E-state index in [0.29, 0.717) is 13.0 Å². The van der Waals surface area contributed by atoms with E-state index < -0.39 is 35.4 Å². The first-order chi connectivity index (χ1) is 12.2. The van der Waals surface area contributed by atoms with Crippen LogP contribution in [0.3, 0.4) is 0 Å². The van der Waals surface area contributed by atoms with Crippen molar-refractivity contribution in [2.24, 2.45) is 0 Å². The normalized spacial score (nSPS) is 20.5. The lowest BCUT2D eigenvalue weighted by Gasteiger charge is -2.32. The van der Waals surface area contributed by atoms with Crippen molar-refractivity contribution < 1.29 is 32.2 Å². The predicted octanol–water partition coefficient (Wildman–Crippen LogP) is 1.70. The van der Waals surface area contributed by atoms with Crippen LogP contribution in [-0.4, -0.2) is 62.8 Å². The van der Waals surface area contributed by atoms with Gasteiger partial charge in [0.2, 0.25) is 5.91 Å². The Labute approximate surface area is 149 Å². The molecule has 0 unspecified atom stereocenters. The molecule has 1 N–H and O–H groups in total. The average Bonchev–Trinajstić information content (AvgIpc) is 2.59. The SMILES string of the molecule is CN(C)C(=O)CO[C@@H]1COCC[C@H]1NC(=O)c1ccccc1C(F)(F)F. The third-order valence-corrected chi connectivity index (χ3v) is 4.02. The lowest BCUT2D eigenvalue weighted by atomic mass is 10.0. The molecule has 0 aliphatic carbocycles. The third kappa shape index (κ3) is 5.18. The van der Waals surface area contributed by atoms with Crippen LogP contribution in [0.4, 0.5) is 13.2 Å². The zero-order valence-corrected chi connectivity index (χ0v) is 14.5. The van der Waals surface area contributed by atoms with E-state index in [4.69, 9.17) is 9.47 Å². The summed E-state index contributed by atoms with van der Waals surface area (Å²) in [6, 6.07) is 4.04. The number of nitrogens with one attached hydrogen (secondary N) is 1. The molecule has 0 spiro atoms. The first-order valence-electron chi connectivity index (χ1n) is 8.06. The molecule has 1 saturated heterocycles. The zero-order chi connectivity index (χ0) is 19.3. The topological polar surface area (TPSA) is 67.9 Å². The van der Waals surface area contributed by atoms with Crippen molar-refractivity contribution in [3.8, 4) is 0 Å². The monoisotopic (exact) mass is 374 g/mol. The summed E-state index contributed by atoms with van der Waals surface area (Å²) in [6.45, 7) is 0.284. The van der Waals surface area contributed by atoms with Crippen molar-refractivity contribution in [3.05, 3.63) is 35.4 Å². The highest BCUT2D eigenvalue weighted by Crippen LogP contribution is 2.31. The summed E-state index contributed by atoms with van der Waals surface area (Å²) < 4.78 is 50.0. The van der Waals surface area contributed by atoms with Crippen LogP contribution in [-0.2, 0) is 20.4 Å². The number of benzene rings is 1. The fourth-order valence-corrected chi connectivity index (χ4v) is 2.52. The van der Waals surface area contributed by atoms with Crippen LogP contribution in [0, 0.1) is 0 Å². The van der Waals surface area contributed by atoms with Gasteiger partial charge in [0.15, 0.2) is 0 Å². The third-order valence-electron chi connectivity index (χ3n) is 4.02. The van der Waals surface area contributed by atoms with E-state index in [1.165, 1.54) is 17.0 Å². The van der Waals surface area contributed by atoms with Crippen LogP contribution in [0.15, 0.2) is 24.3 Å². The summed E-state index contributed by atoms with van der Waals surface area (Å²) in [7, 11) is 3.16. The number of amides is 2. The second-order valence-electron chi connectivity index (χ2n) is 6.12. The highest BCUT2D eigenvalue weighted by atomic mass is 19.4. The summed E-state index contributed by atoms with van der Waals surface area (Å²) in [6.07, 6.45) is -4.87. The number of rotatable bonds is 5. The Bertz CT molecular complexity index is 649. The van der Waals surface area contributed by atoms with Crippen molar-refractivity contribution in [2.75, 3.05) is 33.9 Å². The van der Waals surface area contributed by atoms with Crippen molar-refractivity contribution in [3.63, 3.8) is 0 Å². The molecule has 26 heavy (non-hydrogen) atoms. The van der Waals surface area contributed by atoms with Gasteiger partial charge >= 0.3 is 6.18 Å². The van der Waals surface area contributed by atoms with E-state index >= 15 is 0 Å². The molecule has 2 amide bonds. The van der Waals surface area contributed by atoms with Gasteiger partial charge in [-0.3, -0.25) is 9.59 Å². The van der Waals surface area contributed by atoms with Crippen molar-refractivity contribution in [1.82, 2.24) is 10.2 Å². The zero-order valence-electron chi connectivity index (χ0n) is 14.5. The number of carbonyl (C=O) groups is 2. The molecule has 144 valence electrons. The maximum atomic E-state index is 13.1. The van der Waals surface area contributed by atoms with Crippen LogP contribution in [0.2, 0.25) is 0 Å². The molecule has 1 aromatic carbocycles. The first-order valence-corrected chi connectivity index (χ1v) is 8.06. The van der Waals surface area contributed by atoms with Gasteiger partial charge in [0, 0.05) is 20.7 Å².